The minimum Gasteiger partial charge on any atom is -0.384 e. The number of nitrogen functional groups attached to an aromatic ring is 1. The van der Waals surface area contributed by atoms with Crippen molar-refractivity contribution in [1.29, 1.82) is 0 Å². The first-order chi connectivity index (χ1) is 17.8. The number of primary amides is 1. The van der Waals surface area contributed by atoms with Crippen LogP contribution in [-0.4, -0.2) is 51.3 Å². The van der Waals surface area contributed by atoms with Crippen LogP contribution in [-0.2, 0) is 11.0 Å². The zero-order valence-electron chi connectivity index (χ0n) is 21.4. The summed E-state index contributed by atoms with van der Waals surface area (Å²) in [5.41, 5.74) is 9.68. The number of carbonyl (C=O) groups excluding carboxylic acids is 1. The maximum Gasteiger partial charge on any atom is 0.418 e. The number of piperidine rings is 1. The van der Waals surface area contributed by atoms with E-state index in [9.17, 15) is 22.4 Å². The zero-order chi connectivity index (χ0) is 28.1. The number of amides is 1. The number of rotatable bonds is 7. The molecule has 1 amide bonds. The minimum atomic E-state index is -4.69. The van der Waals surface area contributed by atoms with Gasteiger partial charge in [-0.3, -0.25) is 9.69 Å². The molecule has 0 spiro atoms. The normalized spacial score (nSPS) is 19.6. The van der Waals surface area contributed by atoms with E-state index in [1.165, 1.54) is 44.7 Å². The van der Waals surface area contributed by atoms with E-state index < -0.39 is 35.2 Å². The number of benzene rings is 1. The maximum absolute atomic E-state index is 13.4. The standard InChI is InChI=1S/C15H15ClF4N6O.C10H19N/c16-4-7(13(22)27)5-23-11-2-1-8(3-9(11)15(18,19)20)25-14-24-6-10(17)12(21)26-14;1-10(2)7-3-5-9-6-4-8-11(9)10/h1-3,6-7,23H,4-5H2,(H2,22,27)(H3,21,24,25,26);9H,3-8H2,1-2H3. The number of nitrogens with two attached hydrogens (primary N) is 2. The van der Waals surface area contributed by atoms with Crippen LogP contribution >= 0.6 is 11.6 Å². The van der Waals surface area contributed by atoms with Gasteiger partial charge in [0.05, 0.1) is 17.7 Å². The fourth-order valence-electron chi connectivity index (χ4n) is 4.89. The molecule has 13 heteroatoms. The van der Waals surface area contributed by atoms with Crippen molar-refractivity contribution in [2.45, 2.75) is 63.7 Å². The highest BCUT2D eigenvalue weighted by Gasteiger charge is 2.38. The molecule has 0 bridgehead atoms. The lowest BCUT2D eigenvalue weighted by molar-refractivity contribution is -0.136. The smallest absolute Gasteiger partial charge is 0.384 e. The molecule has 2 fully saturated rings. The summed E-state index contributed by atoms with van der Waals surface area (Å²) in [5.74, 6) is -3.15. The predicted molar refractivity (Wildman–Crippen MR) is 141 cm³/mol. The lowest BCUT2D eigenvalue weighted by Gasteiger charge is -2.44. The van der Waals surface area contributed by atoms with Crippen molar-refractivity contribution in [3.8, 4) is 0 Å². The van der Waals surface area contributed by atoms with Crippen LogP contribution in [0.3, 0.4) is 0 Å². The average molecular weight is 560 g/mol. The van der Waals surface area contributed by atoms with Crippen molar-refractivity contribution in [1.82, 2.24) is 14.9 Å². The molecule has 210 valence electrons. The number of nitrogens with one attached hydrogen (secondary N) is 2. The van der Waals surface area contributed by atoms with Gasteiger partial charge in [0, 0.05) is 35.4 Å². The van der Waals surface area contributed by atoms with Crippen LogP contribution in [0.2, 0.25) is 0 Å². The Morgan fingerprint density at radius 2 is 2.00 bits per heavy atom. The highest BCUT2D eigenvalue weighted by molar-refractivity contribution is 6.19. The number of halogens is 5. The third-order valence-corrected chi connectivity index (χ3v) is 7.33. The van der Waals surface area contributed by atoms with Gasteiger partial charge in [-0.05, 0) is 64.3 Å². The van der Waals surface area contributed by atoms with E-state index in [4.69, 9.17) is 23.1 Å². The van der Waals surface area contributed by atoms with Crippen LogP contribution in [0.15, 0.2) is 24.4 Å². The molecule has 2 aliphatic rings. The van der Waals surface area contributed by atoms with Gasteiger partial charge in [-0.25, -0.2) is 9.37 Å². The monoisotopic (exact) mass is 559 g/mol. The summed E-state index contributed by atoms with van der Waals surface area (Å²) in [4.78, 5) is 21.1. The molecular weight excluding hydrogens is 526 g/mol. The molecule has 3 heterocycles. The molecule has 2 aromatic rings. The Hall–Kier alpha value is -2.86. The van der Waals surface area contributed by atoms with Gasteiger partial charge in [0.25, 0.3) is 0 Å². The first-order valence-electron chi connectivity index (χ1n) is 12.4. The highest BCUT2D eigenvalue weighted by Crippen LogP contribution is 2.38. The Kier molecular flexibility index (Phi) is 9.64. The third-order valence-electron chi connectivity index (χ3n) is 6.96. The number of anilines is 4. The summed E-state index contributed by atoms with van der Waals surface area (Å²) < 4.78 is 53.2. The summed E-state index contributed by atoms with van der Waals surface area (Å²) in [5, 5.41) is 5.04. The number of aromatic nitrogens is 2. The Morgan fingerprint density at radius 1 is 1.29 bits per heavy atom. The number of fused-ring (bicyclic) bond motifs is 1. The summed E-state index contributed by atoms with van der Waals surface area (Å²) in [6, 6.07) is 4.23. The highest BCUT2D eigenvalue weighted by atomic mass is 35.5. The van der Waals surface area contributed by atoms with Crippen molar-refractivity contribution < 1.29 is 22.4 Å². The van der Waals surface area contributed by atoms with Crippen LogP contribution in [0.25, 0.3) is 0 Å². The van der Waals surface area contributed by atoms with Gasteiger partial charge in [-0.2, -0.15) is 18.2 Å². The Balaban J connectivity index is 0.000000299. The molecule has 0 aliphatic carbocycles. The van der Waals surface area contributed by atoms with Gasteiger partial charge in [0.15, 0.2) is 11.6 Å². The van der Waals surface area contributed by atoms with Gasteiger partial charge in [-0.15, -0.1) is 11.6 Å². The van der Waals surface area contributed by atoms with Crippen LogP contribution in [0.5, 0.6) is 0 Å². The van der Waals surface area contributed by atoms with Gasteiger partial charge in [0.2, 0.25) is 11.9 Å². The Labute approximate surface area is 224 Å². The Morgan fingerprint density at radius 3 is 2.61 bits per heavy atom. The van der Waals surface area contributed by atoms with E-state index in [-0.39, 0.29) is 29.7 Å². The molecule has 1 aromatic heterocycles. The largest absolute Gasteiger partial charge is 0.418 e. The van der Waals surface area contributed by atoms with Crippen LogP contribution in [0, 0.1) is 11.7 Å². The van der Waals surface area contributed by atoms with Gasteiger partial charge >= 0.3 is 6.18 Å². The minimum absolute atomic E-state index is 0.00248. The van der Waals surface area contributed by atoms with Crippen molar-refractivity contribution in [3.63, 3.8) is 0 Å². The van der Waals surface area contributed by atoms with Crippen LogP contribution in [0.4, 0.5) is 40.7 Å². The molecule has 8 nitrogen and oxygen atoms in total. The van der Waals surface area contributed by atoms with Gasteiger partial charge < -0.3 is 22.1 Å². The number of nitrogens with zero attached hydrogens (tertiary/aromatic N) is 3. The Bertz CT molecular complexity index is 1120. The fraction of sp³-hybridized carbons (Fsp3) is 0.560. The second-order valence-electron chi connectivity index (χ2n) is 10.1. The molecular formula is C25H34ClF4N7O. The summed E-state index contributed by atoms with van der Waals surface area (Å²) in [7, 11) is 0. The van der Waals surface area contributed by atoms with Crippen molar-refractivity contribution in [2.24, 2.45) is 11.7 Å². The summed E-state index contributed by atoms with van der Waals surface area (Å²) >= 11 is 5.57. The van der Waals surface area contributed by atoms with Crippen LogP contribution < -0.4 is 22.1 Å². The molecule has 4 rings (SSSR count). The van der Waals surface area contributed by atoms with E-state index >= 15 is 0 Å². The van der Waals surface area contributed by atoms with E-state index in [2.05, 4.69) is 39.3 Å². The summed E-state index contributed by atoms with van der Waals surface area (Å²) in [6.07, 6.45) is 3.33. The molecule has 38 heavy (non-hydrogen) atoms. The molecule has 0 radical (unpaired) electrons. The topological polar surface area (TPSA) is 122 Å². The first-order valence-corrected chi connectivity index (χ1v) is 13.0. The van der Waals surface area contributed by atoms with Crippen molar-refractivity contribution >= 4 is 40.6 Å². The molecule has 2 saturated heterocycles. The van der Waals surface area contributed by atoms with E-state index in [1.54, 1.807) is 0 Å². The maximum atomic E-state index is 13.4. The second kappa shape index (κ2) is 12.3. The van der Waals surface area contributed by atoms with E-state index in [0.29, 0.717) is 5.54 Å². The molecule has 6 N–H and O–H groups in total. The molecule has 2 atom stereocenters. The van der Waals surface area contributed by atoms with Gasteiger partial charge in [0.1, 0.15) is 0 Å². The van der Waals surface area contributed by atoms with Crippen molar-refractivity contribution in [2.75, 3.05) is 35.3 Å². The second-order valence-corrected chi connectivity index (χ2v) is 10.4. The van der Waals surface area contributed by atoms with Crippen molar-refractivity contribution in [3.05, 3.63) is 35.8 Å². The van der Waals surface area contributed by atoms with Gasteiger partial charge in [-0.1, -0.05) is 6.42 Å². The fourth-order valence-corrected chi connectivity index (χ4v) is 5.15. The predicted octanol–water partition coefficient (Wildman–Crippen LogP) is 5.13. The van der Waals surface area contributed by atoms with E-state index in [1.807, 2.05) is 0 Å². The number of alkyl halides is 4. The summed E-state index contributed by atoms with van der Waals surface area (Å²) in [6.45, 7) is 6.01. The lowest BCUT2D eigenvalue weighted by atomic mass is 9.87. The number of hydrogen-bond acceptors (Lipinski definition) is 7. The lowest BCUT2D eigenvalue weighted by Crippen LogP contribution is -2.49. The molecule has 1 aromatic carbocycles. The van der Waals surface area contributed by atoms with E-state index in [0.717, 1.165) is 24.4 Å². The first kappa shape index (κ1) is 29.7. The zero-order valence-corrected chi connectivity index (χ0v) is 22.2. The molecule has 2 unspecified atom stereocenters. The number of carbonyl (C=O) groups is 1. The molecule has 2 aliphatic heterocycles. The van der Waals surface area contributed by atoms with Crippen LogP contribution in [0.1, 0.15) is 51.5 Å². The number of hydrogen-bond donors (Lipinski definition) is 4. The SMILES string of the molecule is CC1(C)CCCC2CCCN21.NC(=O)C(CCl)CNc1ccc(Nc2ncc(F)c(N)n2)cc1C(F)(F)F. The third kappa shape index (κ3) is 7.59. The molecule has 0 saturated carbocycles. The quantitative estimate of drug-likeness (QED) is 0.274. The average Bonchev–Trinajstić information content (AvgIpc) is 3.33.